The summed E-state index contributed by atoms with van der Waals surface area (Å²) >= 11 is 3.47. The second kappa shape index (κ2) is 7.56. The number of nitrogens with one attached hydrogen (secondary N) is 1. The Labute approximate surface area is 191 Å². The van der Waals surface area contributed by atoms with Gasteiger partial charge >= 0.3 is 0 Å². The van der Waals surface area contributed by atoms with E-state index in [1.807, 2.05) is 39.5 Å². The number of aromatic nitrogens is 7. The van der Waals surface area contributed by atoms with Crippen molar-refractivity contribution in [1.82, 2.24) is 39.1 Å². The van der Waals surface area contributed by atoms with Crippen LogP contribution in [0.1, 0.15) is 46.2 Å². The van der Waals surface area contributed by atoms with Gasteiger partial charge in [0.05, 0.1) is 60.0 Å². The van der Waals surface area contributed by atoms with E-state index in [0.717, 1.165) is 32.7 Å². The van der Waals surface area contributed by atoms with Crippen LogP contribution in [-0.4, -0.2) is 39.7 Å². The summed E-state index contributed by atoms with van der Waals surface area (Å²) in [5, 5.41) is 11.9. The van der Waals surface area contributed by atoms with Crippen molar-refractivity contribution in [3.05, 3.63) is 82.5 Å². The highest BCUT2D eigenvalue weighted by atomic mass is 79.9. The number of amides is 1. The topological polar surface area (TPSA) is 94.4 Å². The van der Waals surface area contributed by atoms with Gasteiger partial charge in [0.1, 0.15) is 0 Å². The number of rotatable bonds is 6. The van der Waals surface area contributed by atoms with Crippen molar-refractivity contribution < 1.29 is 4.79 Å². The second-order valence-electron chi connectivity index (χ2n) is 8.01. The van der Waals surface area contributed by atoms with Gasteiger partial charge in [0, 0.05) is 22.8 Å². The summed E-state index contributed by atoms with van der Waals surface area (Å²) in [7, 11) is 0. The summed E-state index contributed by atoms with van der Waals surface area (Å²) in [4.78, 5) is 21.6. The summed E-state index contributed by atoms with van der Waals surface area (Å²) in [6.07, 6.45) is 11.3. The van der Waals surface area contributed by atoms with Crippen molar-refractivity contribution in [1.29, 1.82) is 0 Å². The summed E-state index contributed by atoms with van der Waals surface area (Å²) in [6.45, 7) is 0.799. The first-order chi connectivity index (χ1) is 15.6. The van der Waals surface area contributed by atoms with Gasteiger partial charge in [-0.15, -0.1) is 0 Å². The third-order valence-electron chi connectivity index (χ3n) is 5.60. The summed E-state index contributed by atoms with van der Waals surface area (Å²) in [6, 6.07) is 7.98. The van der Waals surface area contributed by atoms with Crippen molar-refractivity contribution in [3.63, 3.8) is 0 Å². The van der Waals surface area contributed by atoms with Crippen LogP contribution in [0.25, 0.3) is 11.2 Å². The van der Waals surface area contributed by atoms with Gasteiger partial charge in [0.25, 0.3) is 5.91 Å². The fourth-order valence-corrected chi connectivity index (χ4v) is 4.11. The third kappa shape index (κ3) is 3.66. The van der Waals surface area contributed by atoms with Gasteiger partial charge in [-0.05, 0) is 37.1 Å². The minimum Gasteiger partial charge on any atom is -0.346 e. The van der Waals surface area contributed by atoms with Crippen LogP contribution < -0.4 is 5.32 Å². The van der Waals surface area contributed by atoms with Gasteiger partial charge < -0.3 is 9.72 Å². The second-order valence-corrected chi connectivity index (χ2v) is 8.92. The van der Waals surface area contributed by atoms with Crippen molar-refractivity contribution >= 4 is 33.0 Å². The van der Waals surface area contributed by atoms with Crippen LogP contribution >= 0.6 is 15.9 Å². The molecule has 5 aromatic heterocycles. The van der Waals surface area contributed by atoms with E-state index >= 15 is 0 Å². The van der Waals surface area contributed by atoms with E-state index in [0.29, 0.717) is 24.6 Å². The molecule has 0 atom stereocenters. The van der Waals surface area contributed by atoms with Crippen molar-refractivity contribution in [2.75, 3.05) is 0 Å². The number of hydrogen-bond donors (Lipinski definition) is 1. The summed E-state index contributed by atoms with van der Waals surface area (Å²) in [5.74, 6) is 0.400. The number of hydrogen-bond acceptors (Lipinski definition) is 5. The Morgan fingerprint density at radius 2 is 2.12 bits per heavy atom. The van der Waals surface area contributed by atoms with Gasteiger partial charge in [-0.3, -0.25) is 9.48 Å². The van der Waals surface area contributed by atoms with E-state index in [4.69, 9.17) is 0 Å². The first kappa shape index (κ1) is 19.2. The van der Waals surface area contributed by atoms with Crippen molar-refractivity contribution in [2.45, 2.75) is 31.8 Å². The number of carbonyl (C=O) groups excluding carboxylic acids is 1. The van der Waals surface area contributed by atoms with E-state index in [2.05, 4.69) is 47.5 Å². The van der Waals surface area contributed by atoms with Crippen LogP contribution in [0.5, 0.6) is 0 Å². The lowest BCUT2D eigenvalue weighted by Crippen LogP contribution is -2.22. The molecule has 0 spiro atoms. The Bertz CT molecular complexity index is 1460. The molecule has 0 saturated heterocycles. The number of nitrogens with zero attached hydrogens (tertiary/aromatic N) is 7. The molecule has 0 unspecified atom stereocenters. The molecule has 1 aliphatic carbocycles. The number of fused-ring (bicyclic) bond motifs is 2. The van der Waals surface area contributed by atoms with E-state index < -0.39 is 0 Å². The molecule has 10 heteroatoms. The number of imidazole rings is 2. The molecule has 32 heavy (non-hydrogen) atoms. The maximum Gasteiger partial charge on any atom is 0.254 e. The molecule has 5 heterocycles. The fourth-order valence-electron chi connectivity index (χ4n) is 3.77. The fraction of sp³-hybridized carbons (Fsp3) is 0.227. The highest BCUT2D eigenvalue weighted by Crippen LogP contribution is 2.38. The van der Waals surface area contributed by atoms with Gasteiger partial charge in [-0.2, -0.15) is 10.2 Å². The van der Waals surface area contributed by atoms with Crippen LogP contribution in [0.4, 0.5) is 0 Å². The molecule has 0 radical (unpaired) electrons. The average molecular weight is 491 g/mol. The van der Waals surface area contributed by atoms with Crippen molar-refractivity contribution in [2.24, 2.45) is 0 Å². The lowest BCUT2D eigenvalue weighted by molar-refractivity contribution is 0.0950. The van der Waals surface area contributed by atoms with E-state index in [1.54, 1.807) is 23.4 Å². The SMILES string of the molecule is O=C(NCc1ncn2ccc(Br)cc12)c1cnn(Cc2cn3nc(C4CC4)ccc3n2)c1. The van der Waals surface area contributed by atoms with E-state index in [-0.39, 0.29) is 5.91 Å². The zero-order valence-corrected chi connectivity index (χ0v) is 18.6. The monoisotopic (exact) mass is 490 g/mol. The summed E-state index contributed by atoms with van der Waals surface area (Å²) in [5.41, 5.74) is 5.02. The van der Waals surface area contributed by atoms with Gasteiger partial charge in [-0.25, -0.2) is 14.5 Å². The quantitative estimate of drug-likeness (QED) is 0.394. The zero-order valence-electron chi connectivity index (χ0n) is 17.0. The highest BCUT2D eigenvalue weighted by Gasteiger charge is 2.25. The Morgan fingerprint density at radius 3 is 3.00 bits per heavy atom. The Morgan fingerprint density at radius 1 is 1.22 bits per heavy atom. The maximum atomic E-state index is 12.6. The van der Waals surface area contributed by atoms with Crippen LogP contribution in [0.15, 0.2) is 59.9 Å². The minimum atomic E-state index is -0.196. The standard InChI is InChI=1S/C22H19BrN8O/c23-16-5-6-29-13-25-19(20(29)7-16)9-24-22(32)15-8-26-30(10-15)11-17-12-31-21(27-17)4-3-18(28-31)14-1-2-14/h3-8,10,12-14H,1-2,9,11H2,(H,24,32). The Kier molecular flexibility index (Phi) is 4.53. The maximum absolute atomic E-state index is 12.6. The predicted molar refractivity (Wildman–Crippen MR) is 120 cm³/mol. The molecular weight excluding hydrogens is 472 g/mol. The van der Waals surface area contributed by atoms with Gasteiger partial charge in [0.2, 0.25) is 0 Å². The van der Waals surface area contributed by atoms with E-state index in [9.17, 15) is 4.79 Å². The van der Waals surface area contributed by atoms with E-state index in [1.165, 1.54) is 12.8 Å². The molecule has 6 rings (SSSR count). The summed E-state index contributed by atoms with van der Waals surface area (Å²) < 4.78 is 6.42. The van der Waals surface area contributed by atoms with Gasteiger partial charge in [0.15, 0.2) is 5.65 Å². The molecule has 1 aliphatic rings. The molecule has 1 saturated carbocycles. The Balaban J connectivity index is 1.13. The van der Waals surface area contributed by atoms with Gasteiger partial charge in [-0.1, -0.05) is 15.9 Å². The lowest BCUT2D eigenvalue weighted by atomic mass is 10.3. The number of pyridine rings is 1. The smallest absolute Gasteiger partial charge is 0.254 e. The molecule has 160 valence electrons. The number of carbonyl (C=O) groups is 1. The molecule has 1 N–H and O–H groups in total. The van der Waals surface area contributed by atoms with Crippen LogP contribution in [-0.2, 0) is 13.1 Å². The largest absolute Gasteiger partial charge is 0.346 e. The Hall–Kier alpha value is -3.53. The van der Waals surface area contributed by atoms with Crippen molar-refractivity contribution in [3.8, 4) is 0 Å². The number of halogens is 1. The normalized spacial score (nSPS) is 13.8. The molecule has 0 bridgehead atoms. The van der Waals surface area contributed by atoms with Crippen LogP contribution in [0, 0.1) is 0 Å². The zero-order chi connectivity index (χ0) is 21.7. The molecule has 1 amide bonds. The molecule has 0 aromatic carbocycles. The van der Waals surface area contributed by atoms with Crippen LogP contribution in [0.3, 0.4) is 0 Å². The first-order valence-electron chi connectivity index (χ1n) is 10.4. The molecule has 0 aliphatic heterocycles. The molecule has 9 nitrogen and oxygen atoms in total. The molecule has 5 aromatic rings. The first-order valence-corrected chi connectivity index (χ1v) is 11.2. The van der Waals surface area contributed by atoms with Crippen LogP contribution in [0.2, 0.25) is 0 Å². The molecular formula is C22H19BrN8O. The lowest BCUT2D eigenvalue weighted by Gasteiger charge is -2.02. The molecule has 1 fully saturated rings. The third-order valence-corrected chi connectivity index (χ3v) is 6.10. The average Bonchev–Trinajstić information content (AvgIpc) is 3.21. The minimum absolute atomic E-state index is 0.196. The highest BCUT2D eigenvalue weighted by molar-refractivity contribution is 9.10. The predicted octanol–water partition coefficient (Wildman–Crippen LogP) is 3.19.